The second-order valence-corrected chi connectivity index (χ2v) is 6.22. The number of carboxylic acid groups (broad SMARTS) is 1. The molecule has 0 radical (unpaired) electrons. The van der Waals surface area contributed by atoms with Crippen molar-refractivity contribution in [3.05, 3.63) is 35.7 Å². The average Bonchev–Trinajstić information content (AvgIpc) is 2.95. The molecule has 6 nitrogen and oxygen atoms in total. The zero-order chi connectivity index (χ0) is 17.0. The predicted molar refractivity (Wildman–Crippen MR) is 87.0 cm³/mol. The first-order valence-corrected chi connectivity index (χ1v) is 7.71. The molecule has 1 heterocycles. The van der Waals surface area contributed by atoms with Crippen molar-refractivity contribution in [2.45, 2.75) is 33.2 Å². The van der Waals surface area contributed by atoms with Gasteiger partial charge in [0.15, 0.2) is 0 Å². The molecule has 6 heteroatoms. The summed E-state index contributed by atoms with van der Waals surface area (Å²) < 4.78 is 5.26. The van der Waals surface area contributed by atoms with E-state index in [0.29, 0.717) is 30.7 Å². The maximum Gasteiger partial charge on any atom is 0.307 e. The molecule has 0 aliphatic rings. The molecule has 1 N–H and O–H groups in total. The number of benzene rings is 1. The van der Waals surface area contributed by atoms with Gasteiger partial charge in [0.1, 0.15) is 0 Å². The van der Waals surface area contributed by atoms with E-state index in [1.807, 2.05) is 24.1 Å². The lowest BCUT2D eigenvalue weighted by molar-refractivity contribution is -0.141. The molecule has 0 aliphatic carbocycles. The number of hydrogen-bond donors (Lipinski definition) is 1. The van der Waals surface area contributed by atoms with Crippen molar-refractivity contribution in [3.63, 3.8) is 0 Å². The molecule has 1 aromatic carbocycles. The standard InChI is InChI=1S/C17H23N3O3/c1-11(2)13-5-7-14(8-6-13)16-18-15(23-19-16)10-20(4)9-12(3)17(21)22/h5-8,11-12H,9-10H2,1-4H3,(H,21,22). The second-order valence-electron chi connectivity index (χ2n) is 6.22. The summed E-state index contributed by atoms with van der Waals surface area (Å²) in [6.07, 6.45) is 0. The van der Waals surface area contributed by atoms with E-state index in [1.54, 1.807) is 6.92 Å². The molecule has 0 aliphatic heterocycles. The van der Waals surface area contributed by atoms with E-state index >= 15 is 0 Å². The minimum absolute atomic E-state index is 0.425. The Labute approximate surface area is 136 Å². The molecule has 23 heavy (non-hydrogen) atoms. The van der Waals surface area contributed by atoms with Gasteiger partial charge >= 0.3 is 5.97 Å². The van der Waals surface area contributed by atoms with Crippen molar-refractivity contribution < 1.29 is 14.4 Å². The zero-order valence-corrected chi connectivity index (χ0v) is 14.0. The van der Waals surface area contributed by atoms with E-state index < -0.39 is 11.9 Å². The number of aliphatic carboxylic acids is 1. The molecule has 2 rings (SSSR count). The molecular formula is C17H23N3O3. The summed E-state index contributed by atoms with van der Waals surface area (Å²) in [6.45, 7) is 6.82. The third-order valence-electron chi connectivity index (χ3n) is 3.72. The smallest absolute Gasteiger partial charge is 0.307 e. The third-order valence-corrected chi connectivity index (χ3v) is 3.72. The van der Waals surface area contributed by atoms with Gasteiger partial charge in [0, 0.05) is 12.1 Å². The Morgan fingerprint density at radius 2 is 1.91 bits per heavy atom. The van der Waals surface area contributed by atoms with Crippen LogP contribution in [0.15, 0.2) is 28.8 Å². The highest BCUT2D eigenvalue weighted by atomic mass is 16.5. The third kappa shape index (κ3) is 4.63. The lowest BCUT2D eigenvalue weighted by Crippen LogP contribution is -2.28. The molecule has 0 saturated heterocycles. The van der Waals surface area contributed by atoms with Crippen LogP contribution in [0, 0.1) is 5.92 Å². The summed E-state index contributed by atoms with van der Waals surface area (Å²) >= 11 is 0. The van der Waals surface area contributed by atoms with Crippen LogP contribution < -0.4 is 0 Å². The second kappa shape index (κ2) is 7.37. The fraction of sp³-hybridized carbons (Fsp3) is 0.471. The van der Waals surface area contributed by atoms with Gasteiger partial charge in [0.05, 0.1) is 12.5 Å². The van der Waals surface area contributed by atoms with Crippen molar-refractivity contribution >= 4 is 5.97 Å². The summed E-state index contributed by atoms with van der Waals surface area (Å²) in [6, 6.07) is 8.10. The van der Waals surface area contributed by atoms with Crippen LogP contribution >= 0.6 is 0 Å². The first kappa shape index (κ1) is 17.1. The molecule has 0 fully saturated rings. The Balaban J connectivity index is 2.01. The van der Waals surface area contributed by atoms with Gasteiger partial charge in [0.2, 0.25) is 11.7 Å². The van der Waals surface area contributed by atoms with Gasteiger partial charge < -0.3 is 9.63 Å². The molecule has 2 aromatic rings. The van der Waals surface area contributed by atoms with Crippen LogP contribution in [0.5, 0.6) is 0 Å². The molecule has 0 bridgehead atoms. The van der Waals surface area contributed by atoms with Crippen molar-refractivity contribution in [2.24, 2.45) is 5.92 Å². The van der Waals surface area contributed by atoms with Gasteiger partial charge in [-0.1, -0.05) is 50.2 Å². The Bertz CT molecular complexity index is 649. The van der Waals surface area contributed by atoms with Gasteiger partial charge in [-0.2, -0.15) is 4.98 Å². The Morgan fingerprint density at radius 3 is 2.48 bits per heavy atom. The fourth-order valence-corrected chi connectivity index (χ4v) is 2.29. The lowest BCUT2D eigenvalue weighted by atomic mass is 10.0. The van der Waals surface area contributed by atoms with Gasteiger partial charge in [-0.25, -0.2) is 0 Å². The molecular weight excluding hydrogens is 294 g/mol. The van der Waals surface area contributed by atoms with E-state index in [1.165, 1.54) is 5.56 Å². The predicted octanol–water partition coefficient (Wildman–Crippen LogP) is 3.01. The van der Waals surface area contributed by atoms with E-state index in [-0.39, 0.29) is 0 Å². The highest BCUT2D eigenvalue weighted by Gasteiger charge is 2.16. The normalized spacial score (nSPS) is 12.8. The molecule has 1 aromatic heterocycles. The molecule has 124 valence electrons. The van der Waals surface area contributed by atoms with Crippen molar-refractivity contribution in [3.8, 4) is 11.4 Å². The monoisotopic (exact) mass is 317 g/mol. The van der Waals surface area contributed by atoms with Crippen molar-refractivity contribution in [2.75, 3.05) is 13.6 Å². The number of rotatable bonds is 7. The van der Waals surface area contributed by atoms with Crippen LogP contribution in [0.3, 0.4) is 0 Å². The summed E-state index contributed by atoms with van der Waals surface area (Å²) in [7, 11) is 1.83. The highest BCUT2D eigenvalue weighted by molar-refractivity contribution is 5.69. The first-order valence-electron chi connectivity index (χ1n) is 7.71. The fourth-order valence-electron chi connectivity index (χ4n) is 2.29. The molecule has 0 spiro atoms. The topological polar surface area (TPSA) is 79.5 Å². The number of aromatic nitrogens is 2. The van der Waals surface area contributed by atoms with Crippen LogP contribution in [0.2, 0.25) is 0 Å². The van der Waals surface area contributed by atoms with E-state index in [9.17, 15) is 4.79 Å². The quantitative estimate of drug-likeness (QED) is 0.845. The highest BCUT2D eigenvalue weighted by Crippen LogP contribution is 2.20. The SMILES string of the molecule is CC(CN(C)Cc1nc(-c2ccc(C(C)C)cc2)no1)C(=O)O. The first-order chi connectivity index (χ1) is 10.9. The molecule has 1 atom stereocenters. The number of hydrogen-bond acceptors (Lipinski definition) is 5. The van der Waals surface area contributed by atoms with Gasteiger partial charge in [-0.15, -0.1) is 0 Å². The Morgan fingerprint density at radius 1 is 1.26 bits per heavy atom. The minimum atomic E-state index is -0.812. The molecule has 1 unspecified atom stereocenters. The van der Waals surface area contributed by atoms with Crippen LogP contribution in [0.25, 0.3) is 11.4 Å². The molecule has 0 amide bonds. The molecule has 0 saturated carbocycles. The van der Waals surface area contributed by atoms with Crippen LogP contribution in [0.4, 0.5) is 0 Å². The van der Waals surface area contributed by atoms with E-state index in [2.05, 4.69) is 36.1 Å². The van der Waals surface area contributed by atoms with Crippen LogP contribution in [-0.4, -0.2) is 39.7 Å². The number of carboxylic acids is 1. The minimum Gasteiger partial charge on any atom is -0.481 e. The summed E-state index contributed by atoms with van der Waals surface area (Å²) in [5.74, 6) is 0.261. The van der Waals surface area contributed by atoms with Gasteiger partial charge in [-0.3, -0.25) is 9.69 Å². The van der Waals surface area contributed by atoms with Gasteiger partial charge in [-0.05, 0) is 18.5 Å². The van der Waals surface area contributed by atoms with Crippen molar-refractivity contribution in [1.82, 2.24) is 15.0 Å². The van der Waals surface area contributed by atoms with Crippen LogP contribution in [-0.2, 0) is 11.3 Å². The van der Waals surface area contributed by atoms with E-state index in [0.717, 1.165) is 5.56 Å². The number of carbonyl (C=O) groups is 1. The number of nitrogens with zero attached hydrogens (tertiary/aromatic N) is 3. The van der Waals surface area contributed by atoms with Crippen molar-refractivity contribution in [1.29, 1.82) is 0 Å². The maximum absolute atomic E-state index is 10.9. The lowest BCUT2D eigenvalue weighted by Gasteiger charge is -2.16. The van der Waals surface area contributed by atoms with E-state index in [4.69, 9.17) is 9.63 Å². The summed E-state index contributed by atoms with van der Waals surface area (Å²) in [5, 5.41) is 12.9. The summed E-state index contributed by atoms with van der Waals surface area (Å²) in [4.78, 5) is 17.1. The summed E-state index contributed by atoms with van der Waals surface area (Å²) in [5.41, 5.74) is 2.17. The largest absolute Gasteiger partial charge is 0.481 e. The maximum atomic E-state index is 10.9. The Kier molecular flexibility index (Phi) is 5.50. The average molecular weight is 317 g/mol. The van der Waals surface area contributed by atoms with Crippen LogP contribution in [0.1, 0.15) is 38.1 Å². The zero-order valence-electron chi connectivity index (χ0n) is 14.0. The Hall–Kier alpha value is -2.21. The van der Waals surface area contributed by atoms with Gasteiger partial charge in [0.25, 0.3) is 0 Å².